The number of aliphatic imine (C=N–C) groups is 1. The molecule has 0 N–H and O–H groups in total. The van der Waals surface area contributed by atoms with Crippen LogP contribution in [0, 0.1) is 0 Å². The molecule has 52 valence electrons. The fraction of sp³-hybridized carbons (Fsp3) is 0.143. The van der Waals surface area contributed by atoms with Crippen LogP contribution >= 0.6 is 0 Å². The molecule has 0 aliphatic heterocycles. The van der Waals surface area contributed by atoms with Gasteiger partial charge in [-0.1, -0.05) is 12.7 Å². The Hall–Kier alpha value is -1.38. The lowest BCUT2D eigenvalue weighted by Crippen LogP contribution is -1.87. The summed E-state index contributed by atoms with van der Waals surface area (Å²) in [6.45, 7) is 7.03. The molecule has 0 fully saturated rings. The van der Waals surface area contributed by atoms with Gasteiger partial charge in [-0.2, -0.15) is 5.10 Å². The molecule has 0 bridgehead atoms. The zero-order chi connectivity index (χ0) is 7.56. The van der Waals surface area contributed by atoms with Crippen LogP contribution in [0.2, 0.25) is 0 Å². The van der Waals surface area contributed by atoms with Gasteiger partial charge < -0.3 is 0 Å². The Balaban J connectivity index is 3.25. The molecule has 0 aromatic carbocycles. The van der Waals surface area contributed by atoms with Gasteiger partial charge >= 0.3 is 0 Å². The molecule has 0 aliphatic rings. The zero-order valence-electron chi connectivity index (χ0n) is 5.91. The van der Waals surface area contributed by atoms with Gasteiger partial charge in [0.25, 0.3) is 0 Å². The Morgan fingerprint density at radius 2 is 2.50 bits per heavy atom. The Morgan fingerprint density at radius 3 is 2.90 bits per heavy atom. The summed E-state index contributed by atoms with van der Waals surface area (Å²) >= 11 is 0. The minimum absolute atomic E-state index is 0.759. The first kappa shape index (κ1) is 6.74. The minimum atomic E-state index is 0.759. The average molecular weight is 135 g/mol. The Kier molecular flexibility index (Phi) is 1.67. The highest BCUT2D eigenvalue weighted by Gasteiger charge is 2.00. The van der Waals surface area contributed by atoms with Crippen molar-refractivity contribution < 1.29 is 0 Å². The van der Waals surface area contributed by atoms with Gasteiger partial charge in [-0.25, -0.2) is 4.99 Å². The molecule has 0 amide bonds. The largest absolute Gasteiger partial charge is 0.250 e. The van der Waals surface area contributed by atoms with E-state index in [-0.39, 0.29) is 0 Å². The lowest BCUT2D eigenvalue weighted by atomic mass is 10.3. The topological polar surface area (TPSA) is 30.2 Å². The molecule has 1 aromatic rings. The van der Waals surface area contributed by atoms with Crippen LogP contribution in [0.4, 0.5) is 5.82 Å². The van der Waals surface area contributed by atoms with Crippen molar-refractivity contribution in [3.63, 3.8) is 0 Å². The SMILES string of the molecule is C=Cc1cnn(C)c1N=C. The Labute approximate surface area is 59.7 Å². The highest BCUT2D eigenvalue weighted by atomic mass is 15.3. The summed E-state index contributed by atoms with van der Waals surface area (Å²) in [7, 11) is 1.82. The molecule has 3 nitrogen and oxygen atoms in total. The van der Waals surface area contributed by atoms with Crippen LogP contribution < -0.4 is 0 Å². The van der Waals surface area contributed by atoms with Gasteiger partial charge in [0.2, 0.25) is 0 Å². The lowest BCUT2D eigenvalue weighted by molar-refractivity contribution is 0.771. The molecule has 0 spiro atoms. The maximum atomic E-state index is 3.97. The summed E-state index contributed by atoms with van der Waals surface area (Å²) in [5.74, 6) is 0.759. The normalized spacial score (nSPS) is 9.30. The summed E-state index contributed by atoms with van der Waals surface area (Å²) in [5, 5.41) is 3.97. The number of nitrogens with zero attached hydrogens (tertiary/aromatic N) is 3. The quantitative estimate of drug-likeness (QED) is 0.563. The lowest BCUT2D eigenvalue weighted by Gasteiger charge is -1.92. The molecular formula is C7H9N3. The molecule has 1 heterocycles. The Morgan fingerprint density at radius 1 is 1.80 bits per heavy atom. The van der Waals surface area contributed by atoms with Crippen LogP contribution in [-0.2, 0) is 7.05 Å². The van der Waals surface area contributed by atoms with Gasteiger partial charge in [0.1, 0.15) is 0 Å². The summed E-state index contributed by atoms with van der Waals surface area (Å²) in [6, 6.07) is 0. The third-order valence-corrected chi connectivity index (χ3v) is 1.30. The van der Waals surface area contributed by atoms with E-state index in [0.717, 1.165) is 11.4 Å². The van der Waals surface area contributed by atoms with Crippen molar-refractivity contribution in [2.45, 2.75) is 0 Å². The minimum Gasteiger partial charge on any atom is -0.250 e. The van der Waals surface area contributed by atoms with Crippen LogP contribution in [0.15, 0.2) is 17.8 Å². The molecule has 3 heteroatoms. The molecular weight excluding hydrogens is 126 g/mol. The fourth-order valence-electron chi connectivity index (χ4n) is 0.786. The molecule has 0 saturated carbocycles. The number of rotatable bonds is 2. The van der Waals surface area contributed by atoms with Crippen LogP contribution in [0.25, 0.3) is 6.08 Å². The number of aromatic nitrogens is 2. The smallest absolute Gasteiger partial charge is 0.156 e. The third-order valence-electron chi connectivity index (χ3n) is 1.30. The molecule has 1 aromatic heterocycles. The first-order chi connectivity index (χ1) is 4.79. The number of hydrogen-bond donors (Lipinski definition) is 0. The summed E-state index contributed by atoms with van der Waals surface area (Å²) in [5.41, 5.74) is 0.914. The van der Waals surface area contributed by atoms with E-state index in [2.05, 4.69) is 23.4 Å². The van der Waals surface area contributed by atoms with E-state index in [1.807, 2.05) is 7.05 Å². The van der Waals surface area contributed by atoms with Gasteiger partial charge in [-0.15, -0.1) is 0 Å². The number of aryl methyl sites for hydroxylation is 1. The van der Waals surface area contributed by atoms with Crippen LogP contribution in [0.5, 0.6) is 0 Å². The standard InChI is InChI=1S/C7H9N3/c1-4-6-5-9-10(3)7(6)8-2/h4-5H,1-2H2,3H3. The molecule has 0 aliphatic carbocycles. The first-order valence-corrected chi connectivity index (χ1v) is 2.90. The van der Waals surface area contributed by atoms with Crippen molar-refractivity contribution in [2.75, 3.05) is 0 Å². The second-order valence-electron chi connectivity index (χ2n) is 1.91. The summed E-state index contributed by atoms with van der Waals surface area (Å²) in [4.78, 5) is 3.78. The van der Waals surface area contributed by atoms with E-state index in [4.69, 9.17) is 0 Å². The Bertz CT molecular complexity index is 260. The molecule has 0 unspecified atom stereocenters. The fourth-order valence-corrected chi connectivity index (χ4v) is 0.786. The predicted molar refractivity (Wildman–Crippen MR) is 42.5 cm³/mol. The highest BCUT2D eigenvalue weighted by Crippen LogP contribution is 2.16. The van der Waals surface area contributed by atoms with Crippen molar-refractivity contribution in [2.24, 2.45) is 12.0 Å². The van der Waals surface area contributed by atoms with Crippen molar-refractivity contribution in [1.82, 2.24) is 9.78 Å². The van der Waals surface area contributed by atoms with Crippen LogP contribution in [0.3, 0.4) is 0 Å². The maximum Gasteiger partial charge on any atom is 0.156 e. The van der Waals surface area contributed by atoms with E-state index in [1.54, 1.807) is 17.0 Å². The van der Waals surface area contributed by atoms with Gasteiger partial charge in [0.05, 0.1) is 6.20 Å². The summed E-state index contributed by atoms with van der Waals surface area (Å²) < 4.78 is 1.66. The van der Waals surface area contributed by atoms with Gasteiger partial charge in [-0.05, 0) is 6.72 Å². The van der Waals surface area contributed by atoms with Gasteiger partial charge in [0.15, 0.2) is 5.82 Å². The molecule has 0 radical (unpaired) electrons. The molecule has 1 rings (SSSR count). The predicted octanol–water partition coefficient (Wildman–Crippen LogP) is 1.40. The van der Waals surface area contributed by atoms with Gasteiger partial charge in [0, 0.05) is 12.6 Å². The van der Waals surface area contributed by atoms with Crippen molar-refractivity contribution >= 4 is 18.6 Å². The zero-order valence-corrected chi connectivity index (χ0v) is 5.91. The van der Waals surface area contributed by atoms with Gasteiger partial charge in [-0.3, -0.25) is 4.68 Å². The van der Waals surface area contributed by atoms with Crippen molar-refractivity contribution in [3.8, 4) is 0 Å². The van der Waals surface area contributed by atoms with Crippen molar-refractivity contribution in [3.05, 3.63) is 18.3 Å². The third kappa shape index (κ3) is 0.857. The van der Waals surface area contributed by atoms with E-state index in [9.17, 15) is 0 Å². The monoisotopic (exact) mass is 135 g/mol. The van der Waals surface area contributed by atoms with Crippen molar-refractivity contribution in [1.29, 1.82) is 0 Å². The molecule has 0 saturated heterocycles. The molecule has 10 heavy (non-hydrogen) atoms. The molecule has 0 atom stereocenters. The van der Waals surface area contributed by atoms with E-state index in [0.29, 0.717) is 0 Å². The van der Waals surface area contributed by atoms with E-state index in [1.165, 1.54) is 0 Å². The first-order valence-electron chi connectivity index (χ1n) is 2.90. The van der Waals surface area contributed by atoms with E-state index >= 15 is 0 Å². The maximum absolute atomic E-state index is 3.97. The second kappa shape index (κ2) is 2.47. The summed E-state index contributed by atoms with van der Waals surface area (Å²) in [6.07, 6.45) is 3.41. The van der Waals surface area contributed by atoms with Crippen LogP contribution in [0.1, 0.15) is 5.56 Å². The highest BCUT2D eigenvalue weighted by molar-refractivity contribution is 5.60. The van der Waals surface area contributed by atoms with E-state index < -0.39 is 0 Å². The van der Waals surface area contributed by atoms with Crippen LogP contribution in [-0.4, -0.2) is 16.5 Å². The second-order valence-corrected chi connectivity index (χ2v) is 1.91. The average Bonchev–Trinajstić information content (AvgIpc) is 2.30. The number of hydrogen-bond acceptors (Lipinski definition) is 2.